The van der Waals surface area contributed by atoms with Crippen molar-refractivity contribution in [3.8, 4) is 5.75 Å². The number of carbonyl (C=O) groups excluding carboxylic acids is 1. The molecule has 4 rings (SSSR count). The molecule has 3 unspecified atom stereocenters. The quantitative estimate of drug-likeness (QED) is 0.236. The number of rotatable bonds is 12. The third-order valence-corrected chi connectivity index (χ3v) is 7.78. The van der Waals surface area contributed by atoms with Crippen LogP contribution in [0.2, 0.25) is 0 Å². The van der Waals surface area contributed by atoms with Gasteiger partial charge in [-0.05, 0) is 90.8 Å². The average molecular weight is 567 g/mol. The summed E-state index contributed by atoms with van der Waals surface area (Å²) in [6, 6.07) is 15.2. The summed E-state index contributed by atoms with van der Waals surface area (Å²) in [5.41, 5.74) is 3.17. The highest BCUT2D eigenvalue weighted by Gasteiger charge is 2.26. The van der Waals surface area contributed by atoms with Gasteiger partial charge in [-0.3, -0.25) is 4.79 Å². The van der Waals surface area contributed by atoms with Crippen LogP contribution in [-0.4, -0.2) is 41.9 Å². The number of hydrogen-bond donors (Lipinski definition) is 4. The summed E-state index contributed by atoms with van der Waals surface area (Å²) in [6.45, 7) is 2.45. The summed E-state index contributed by atoms with van der Waals surface area (Å²) in [5.74, 6) is -1.00. The Balaban J connectivity index is 1.49. The highest BCUT2D eigenvalue weighted by molar-refractivity contribution is 5.94. The fraction of sp³-hybridized carbons (Fsp3) is 0.424. The van der Waals surface area contributed by atoms with E-state index in [4.69, 9.17) is 4.74 Å². The topological polar surface area (TPSA) is 90.8 Å². The van der Waals surface area contributed by atoms with Gasteiger partial charge in [0, 0.05) is 24.7 Å². The van der Waals surface area contributed by atoms with Gasteiger partial charge in [0.15, 0.2) is 0 Å². The molecular weight excluding hydrogens is 526 g/mol. The van der Waals surface area contributed by atoms with Crippen LogP contribution < -0.4 is 15.4 Å². The van der Waals surface area contributed by atoms with E-state index in [1.807, 2.05) is 37.3 Å². The standard InChI is InChI=1S/C33H40F2N2O4/c1-21-11-25(32(39)24-8-4-3-5-9-24)17-26(12-21)33(40)37-30(16-23-13-27(34)18-28(35)14-23)31(38)20-36-19-22-7-6-10-29(15-22)41-2/h6-7,10-15,17-18,24,30-32,36,38-39H,3-5,8-9,16,19-20H2,1-2H3,(H,37,40). The van der Waals surface area contributed by atoms with Crippen molar-refractivity contribution in [2.75, 3.05) is 13.7 Å². The van der Waals surface area contributed by atoms with Gasteiger partial charge in [-0.25, -0.2) is 8.78 Å². The number of hydrogen-bond acceptors (Lipinski definition) is 5. The van der Waals surface area contributed by atoms with Gasteiger partial charge in [-0.2, -0.15) is 0 Å². The molecule has 0 heterocycles. The Kier molecular flexibility index (Phi) is 10.9. The van der Waals surface area contributed by atoms with Gasteiger partial charge in [-0.15, -0.1) is 0 Å². The number of amides is 1. The van der Waals surface area contributed by atoms with Crippen LogP contribution in [0, 0.1) is 24.5 Å². The predicted molar refractivity (Wildman–Crippen MR) is 155 cm³/mol. The van der Waals surface area contributed by atoms with Gasteiger partial charge in [-0.1, -0.05) is 37.5 Å². The molecular formula is C33H40F2N2O4. The van der Waals surface area contributed by atoms with Crippen molar-refractivity contribution in [2.24, 2.45) is 5.92 Å². The van der Waals surface area contributed by atoms with Gasteiger partial charge in [0.1, 0.15) is 17.4 Å². The Bertz CT molecular complexity index is 1290. The minimum absolute atomic E-state index is 0.0196. The van der Waals surface area contributed by atoms with E-state index in [1.54, 1.807) is 19.2 Å². The monoisotopic (exact) mass is 566 g/mol. The lowest BCUT2D eigenvalue weighted by Crippen LogP contribution is -2.48. The second-order valence-electron chi connectivity index (χ2n) is 11.1. The lowest BCUT2D eigenvalue weighted by atomic mass is 9.82. The zero-order chi connectivity index (χ0) is 29.4. The molecule has 1 amide bonds. The Morgan fingerprint density at radius 3 is 2.41 bits per heavy atom. The van der Waals surface area contributed by atoms with Crippen molar-refractivity contribution in [1.29, 1.82) is 0 Å². The van der Waals surface area contributed by atoms with E-state index in [9.17, 15) is 23.8 Å². The van der Waals surface area contributed by atoms with E-state index in [0.717, 1.165) is 42.9 Å². The van der Waals surface area contributed by atoms with Gasteiger partial charge in [0.05, 0.1) is 25.4 Å². The van der Waals surface area contributed by atoms with Gasteiger partial charge in [0.2, 0.25) is 0 Å². The molecule has 0 aromatic heterocycles. The normalized spacial score (nSPS) is 16.1. The van der Waals surface area contributed by atoms with Crippen LogP contribution in [0.5, 0.6) is 5.75 Å². The minimum Gasteiger partial charge on any atom is -0.497 e. The molecule has 1 fully saturated rings. The maximum atomic E-state index is 13.9. The van der Waals surface area contributed by atoms with Crippen molar-refractivity contribution in [3.05, 3.63) is 100 Å². The molecule has 3 aromatic rings. The van der Waals surface area contributed by atoms with Crippen LogP contribution in [0.25, 0.3) is 0 Å². The molecule has 1 aliphatic carbocycles. The first kappa shape index (κ1) is 30.6. The first-order valence-electron chi connectivity index (χ1n) is 14.3. The van der Waals surface area contributed by atoms with Crippen LogP contribution in [-0.2, 0) is 13.0 Å². The molecule has 8 heteroatoms. The van der Waals surface area contributed by atoms with Crippen LogP contribution in [0.4, 0.5) is 8.78 Å². The number of ether oxygens (including phenoxy) is 1. The SMILES string of the molecule is COc1cccc(CNCC(O)C(Cc2cc(F)cc(F)c2)NC(=O)c2cc(C)cc(C(O)C3CCCCC3)c2)c1. The molecule has 0 aliphatic heterocycles. The van der Waals surface area contributed by atoms with Gasteiger partial charge >= 0.3 is 0 Å². The lowest BCUT2D eigenvalue weighted by molar-refractivity contribution is 0.0819. The molecule has 0 spiro atoms. The highest BCUT2D eigenvalue weighted by atomic mass is 19.1. The summed E-state index contributed by atoms with van der Waals surface area (Å²) in [6.07, 6.45) is 3.58. The summed E-state index contributed by atoms with van der Waals surface area (Å²) >= 11 is 0. The lowest BCUT2D eigenvalue weighted by Gasteiger charge is -2.28. The number of methoxy groups -OCH3 is 1. The summed E-state index contributed by atoms with van der Waals surface area (Å²) < 4.78 is 33.1. The fourth-order valence-electron chi connectivity index (χ4n) is 5.64. The van der Waals surface area contributed by atoms with E-state index < -0.39 is 35.8 Å². The van der Waals surface area contributed by atoms with Crippen molar-refractivity contribution in [2.45, 2.75) is 70.2 Å². The molecule has 3 atom stereocenters. The molecule has 1 saturated carbocycles. The second kappa shape index (κ2) is 14.5. The number of carbonyl (C=O) groups is 1. The Hall–Kier alpha value is -3.33. The summed E-state index contributed by atoms with van der Waals surface area (Å²) in [4.78, 5) is 13.5. The number of aliphatic hydroxyl groups excluding tert-OH is 2. The van der Waals surface area contributed by atoms with E-state index in [-0.39, 0.29) is 18.9 Å². The summed E-state index contributed by atoms with van der Waals surface area (Å²) in [7, 11) is 1.59. The molecule has 0 saturated heterocycles. The van der Waals surface area contributed by atoms with Crippen LogP contribution >= 0.6 is 0 Å². The van der Waals surface area contributed by atoms with Crippen molar-refractivity contribution in [1.82, 2.24) is 10.6 Å². The molecule has 3 aromatic carbocycles. The third-order valence-electron chi connectivity index (χ3n) is 7.78. The predicted octanol–water partition coefficient (Wildman–Crippen LogP) is 5.39. The highest BCUT2D eigenvalue weighted by Crippen LogP contribution is 2.35. The molecule has 0 radical (unpaired) electrons. The Morgan fingerprint density at radius 2 is 1.71 bits per heavy atom. The number of aryl methyl sites for hydroxylation is 1. The molecule has 0 bridgehead atoms. The van der Waals surface area contributed by atoms with Crippen molar-refractivity contribution in [3.63, 3.8) is 0 Å². The molecule has 220 valence electrons. The van der Waals surface area contributed by atoms with Crippen molar-refractivity contribution < 1.29 is 28.5 Å². The first-order chi connectivity index (χ1) is 19.7. The zero-order valence-corrected chi connectivity index (χ0v) is 23.7. The number of nitrogens with one attached hydrogen (secondary N) is 2. The minimum atomic E-state index is -1.06. The van der Waals surface area contributed by atoms with E-state index in [0.29, 0.717) is 29.0 Å². The van der Waals surface area contributed by atoms with E-state index in [2.05, 4.69) is 10.6 Å². The molecule has 4 N–H and O–H groups in total. The second-order valence-corrected chi connectivity index (χ2v) is 11.1. The van der Waals surface area contributed by atoms with Gasteiger partial charge in [0.25, 0.3) is 5.91 Å². The van der Waals surface area contributed by atoms with Gasteiger partial charge < -0.3 is 25.6 Å². The smallest absolute Gasteiger partial charge is 0.251 e. The zero-order valence-electron chi connectivity index (χ0n) is 23.7. The number of benzene rings is 3. The fourth-order valence-corrected chi connectivity index (χ4v) is 5.64. The van der Waals surface area contributed by atoms with E-state index >= 15 is 0 Å². The Labute approximate surface area is 240 Å². The Morgan fingerprint density at radius 1 is 0.976 bits per heavy atom. The molecule has 1 aliphatic rings. The maximum Gasteiger partial charge on any atom is 0.251 e. The molecule has 6 nitrogen and oxygen atoms in total. The van der Waals surface area contributed by atoms with E-state index in [1.165, 1.54) is 18.6 Å². The maximum absolute atomic E-state index is 13.9. The van der Waals surface area contributed by atoms with Crippen LogP contribution in [0.15, 0.2) is 60.7 Å². The first-order valence-corrected chi connectivity index (χ1v) is 14.3. The van der Waals surface area contributed by atoms with Crippen LogP contribution in [0.3, 0.4) is 0 Å². The van der Waals surface area contributed by atoms with Crippen LogP contribution in [0.1, 0.15) is 70.8 Å². The number of halogens is 2. The summed E-state index contributed by atoms with van der Waals surface area (Å²) in [5, 5.41) is 28.3. The van der Waals surface area contributed by atoms with Crippen molar-refractivity contribution >= 4 is 5.91 Å². The largest absolute Gasteiger partial charge is 0.497 e. The molecule has 41 heavy (non-hydrogen) atoms. The number of aliphatic hydroxyl groups is 2. The average Bonchev–Trinajstić information content (AvgIpc) is 2.96. The third kappa shape index (κ3) is 8.83.